The minimum absolute atomic E-state index is 0. The SMILES string of the molecule is COc1cc(CCC(=O)ON)cc(OC)c1.Cl. The second kappa shape index (κ2) is 7.76. The van der Waals surface area contributed by atoms with Gasteiger partial charge in [-0.25, -0.2) is 0 Å². The predicted molar refractivity (Wildman–Crippen MR) is 65.4 cm³/mol. The Morgan fingerprint density at radius 3 is 2.12 bits per heavy atom. The summed E-state index contributed by atoms with van der Waals surface area (Å²) in [5.41, 5.74) is 0.932. The van der Waals surface area contributed by atoms with Crippen molar-refractivity contribution < 1.29 is 19.1 Å². The van der Waals surface area contributed by atoms with E-state index < -0.39 is 5.97 Å². The summed E-state index contributed by atoms with van der Waals surface area (Å²) in [6, 6.07) is 5.45. The molecule has 0 saturated heterocycles. The van der Waals surface area contributed by atoms with Crippen LogP contribution in [-0.2, 0) is 16.1 Å². The van der Waals surface area contributed by atoms with Crippen LogP contribution in [0, 0.1) is 0 Å². The molecule has 0 saturated carbocycles. The fourth-order valence-electron chi connectivity index (χ4n) is 1.32. The molecule has 1 aromatic carbocycles. The molecule has 0 atom stereocenters. The minimum atomic E-state index is -0.443. The predicted octanol–water partition coefficient (Wildman–Crippen LogP) is 1.48. The van der Waals surface area contributed by atoms with E-state index in [1.54, 1.807) is 20.3 Å². The van der Waals surface area contributed by atoms with Gasteiger partial charge in [0.1, 0.15) is 11.5 Å². The Hall–Kier alpha value is -1.46. The highest BCUT2D eigenvalue weighted by Gasteiger charge is 2.05. The van der Waals surface area contributed by atoms with E-state index in [2.05, 4.69) is 4.84 Å². The zero-order valence-corrected chi connectivity index (χ0v) is 10.6. The summed E-state index contributed by atoms with van der Waals surface area (Å²) < 4.78 is 10.2. The van der Waals surface area contributed by atoms with Gasteiger partial charge in [0.05, 0.1) is 20.6 Å². The second-order valence-electron chi connectivity index (χ2n) is 3.21. The van der Waals surface area contributed by atoms with Gasteiger partial charge in [0.25, 0.3) is 0 Å². The van der Waals surface area contributed by atoms with Crippen molar-refractivity contribution in [3.05, 3.63) is 23.8 Å². The molecule has 0 bridgehead atoms. The van der Waals surface area contributed by atoms with Crippen LogP contribution >= 0.6 is 12.4 Å². The molecule has 2 N–H and O–H groups in total. The van der Waals surface area contributed by atoms with E-state index in [4.69, 9.17) is 15.4 Å². The molecule has 0 heterocycles. The Labute approximate surface area is 106 Å². The van der Waals surface area contributed by atoms with Crippen molar-refractivity contribution in [2.75, 3.05) is 14.2 Å². The summed E-state index contributed by atoms with van der Waals surface area (Å²) in [6.45, 7) is 0. The molecule has 0 aliphatic rings. The summed E-state index contributed by atoms with van der Waals surface area (Å²) >= 11 is 0. The minimum Gasteiger partial charge on any atom is -0.497 e. The molecule has 0 fully saturated rings. The van der Waals surface area contributed by atoms with E-state index in [1.807, 2.05) is 12.1 Å². The van der Waals surface area contributed by atoms with E-state index in [9.17, 15) is 4.79 Å². The number of halogens is 1. The largest absolute Gasteiger partial charge is 0.497 e. The van der Waals surface area contributed by atoms with Gasteiger partial charge >= 0.3 is 5.97 Å². The molecule has 1 rings (SSSR count). The van der Waals surface area contributed by atoms with Crippen LogP contribution < -0.4 is 15.4 Å². The molecule has 96 valence electrons. The first-order valence-corrected chi connectivity index (χ1v) is 4.81. The zero-order valence-electron chi connectivity index (χ0n) is 9.76. The van der Waals surface area contributed by atoms with Crippen LogP contribution in [0.4, 0.5) is 0 Å². The number of ether oxygens (including phenoxy) is 2. The van der Waals surface area contributed by atoms with Crippen LogP contribution in [0.5, 0.6) is 11.5 Å². The number of hydrogen-bond acceptors (Lipinski definition) is 5. The van der Waals surface area contributed by atoms with E-state index in [1.165, 1.54) is 0 Å². The summed E-state index contributed by atoms with van der Waals surface area (Å²) in [6.07, 6.45) is 0.760. The Bertz CT molecular complexity index is 348. The van der Waals surface area contributed by atoms with Crippen molar-refractivity contribution in [2.45, 2.75) is 12.8 Å². The number of nitrogens with two attached hydrogens (primary N) is 1. The number of benzene rings is 1. The normalized spacial score (nSPS) is 9.12. The lowest BCUT2D eigenvalue weighted by Gasteiger charge is -2.07. The third-order valence-electron chi connectivity index (χ3n) is 2.16. The maximum Gasteiger partial charge on any atom is 0.324 e. The van der Waals surface area contributed by atoms with E-state index in [0.717, 1.165) is 5.56 Å². The Kier molecular flexibility index (Phi) is 7.09. The van der Waals surface area contributed by atoms with Crippen LogP contribution in [0.15, 0.2) is 18.2 Å². The molecule has 17 heavy (non-hydrogen) atoms. The third-order valence-corrected chi connectivity index (χ3v) is 2.16. The summed E-state index contributed by atoms with van der Waals surface area (Å²) in [4.78, 5) is 15.0. The maximum atomic E-state index is 10.9. The molecule has 0 aliphatic carbocycles. The fourth-order valence-corrected chi connectivity index (χ4v) is 1.32. The number of rotatable bonds is 5. The van der Waals surface area contributed by atoms with Crippen LogP contribution in [0.1, 0.15) is 12.0 Å². The molecule has 0 aliphatic heterocycles. The molecule has 0 amide bonds. The van der Waals surface area contributed by atoms with Crippen molar-refractivity contribution >= 4 is 18.4 Å². The zero-order chi connectivity index (χ0) is 12.0. The first-order valence-electron chi connectivity index (χ1n) is 4.81. The van der Waals surface area contributed by atoms with E-state index in [0.29, 0.717) is 17.9 Å². The van der Waals surface area contributed by atoms with Gasteiger partial charge in [-0.15, -0.1) is 12.4 Å². The third kappa shape index (κ3) is 4.93. The van der Waals surface area contributed by atoms with Gasteiger partial charge in [0.15, 0.2) is 0 Å². The standard InChI is InChI=1S/C11H15NO4.ClH/c1-14-9-5-8(3-4-11(13)16-12)6-10(7-9)15-2;/h5-7H,3-4,12H2,1-2H3;1H. The molecule has 5 nitrogen and oxygen atoms in total. The highest BCUT2D eigenvalue weighted by molar-refractivity contribution is 5.85. The number of aryl methyl sites for hydroxylation is 1. The van der Waals surface area contributed by atoms with E-state index in [-0.39, 0.29) is 18.8 Å². The smallest absolute Gasteiger partial charge is 0.324 e. The van der Waals surface area contributed by atoms with Gasteiger partial charge < -0.3 is 14.3 Å². The average Bonchev–Trinajstić information content (AvgIpc) is 2.35. The quantitative estimate of drug-likeness (QED) is 0.813. The lowest BCUT2D eigenvalue weighted by Crippen LogP contribution is -2.10. The van der Waals surface area contributed by atoms with Gasteiger partial charge in [-0.3, -0.25) is 4.79 Å². The van der Waals surface area contributed by atoms with Gasteiger partial charge in [0.2, 0.25) is 0 Å². The van der Waals surface area contributed by atoms with Crippen molar-refractivity contribution in [2.24, 2.45) is 5.90 Å². The first-order chi connectivity index (χ1) is 7.69. The van der Waals surface area contributed by atoms with E-state index >= 15 is 0 Å². The molecule has 6 heteroatoms. The van der Waals surface area contributed by atoms with Crippen LogP contribution in [0.25, 0.3) is 0 Å². The van der Waals surface area contributed by atoms with Crippen molar-refractivity contribution in [1.29, 1.82) is 0 Å². The summed E-state index contributed by atoms with van der Waals surface area (Å²) in [7, 11) is 3.15. The summed E-state index contributed by atoms with van der Waals surface area (Å²) in [5.74, 6) is 5.69. The number of carbonyl (C=O) groups is 1. The number of hydrogen-bond donors (Lipinski definition) is 1. The summed E-state index contributed by atoms with van der Waals surface area (Å²) in [5, 5.41) is 0. The van der Waals surface area contributed by atoms with Crippen LogP contribution in [0.2, 0.25) is 0 Å². The monoisotopic (exact) mass is 261 g/mol. The molecule has 0 spiro atoms. The lowest BCUT2D eigenvalue weighted by molar-refractivity contribution is -0.144. The van der Waals surface area contributed by atoms with Crippen molar-refractivity contribution in [3.8, 4) is 11.5 Å². The van der Waals surface area contributed by atoms with Gasteiger partial charge in [-0.2, -0.15) is 5.90 Å². The van der Waals surface area contributed by atoms with Gasteiger partial charge in [0, 0.05) is 6.07 Å². The highest BCUT2D eigenvalue weighted by Crippen LogP contribution is 2.23. The maximum absolute atomic E-state index is 10.9. The van der Waals surface area contributed by atoms with Gasteiger partial charge in [-0.05, 0) is 24.1 Å². The first kappa shape index (κ1) is 15.5. The molecule has 0 aromatic heterocycles. The van der Waals surface area contributed by atoms with Gasteiger partial charge in [-0.1, -0.05) is 0 Å². The molecular weight excluding hydrogens is 246 g/mol. The van der Waals surface area contributed by atoms with Crippen molar-refractivity contribution in [3.63, 3.8) is 0 Å². The second-order valence-corrected chi connectivity index (χ2v) is 3.21. The molecule has 1 aromatic rings. The Morgan fingerprint density at radius 1 is 1.18 bits per heavy atom. The lowest BCUT2D eigenvalue weighted by atomic mass is 10.1. The topological polar surface area (TPSA) is 70.8 Å². The fraction of sp³-hybridized carbons (Fsp3) is 0.364. The Morgan fingerprint density at radius 2 is 1.71 bits per heavy atom. The Balaban J connectivity index is 0.00000256. The number of carbonyl (C=O) groups excluding carboxylic acids is 1. The van der Waals surface area contributed by atoms with Crippen molar-refractivity contribution in [1.82, 2.24) is 0 Å². The molecular formula is C11H16ClNO4. The molecule has 0 unspecified atom stereocenters. The van der Waals surface area contributed by atoms with Crippen LogP contribution in [-0.4, -0.2) is 20.2 Å². The average molecular weight is 262 g/mol. The highest BCUT2D eigenvalue weighted by atomic mass is 35.5. The molecule has 0 radical (unpaired) electrons. The number of methoxy groups -OCH3 is 2. The van der Waals surface area contributed by atoms with Crippen LogP contribution in [0.3, 0.4) is 0 Å².